The van der Waals surface area contributed by atoms with E-state index >= 15 is 0 Å². The van der Waals surface area contributed by atoms with E-state index in [0.29, 0.717) is 19.6 Å². The van der Waals surface area contributed by atoms with Crippen LogP contribution in [0.1, 0.15) is 26.5 Å². The van der Waals surface area contributed by atoms with E-state index in [4.69, 9.17) is 9.47 Å². The Bertz CT molecular complexity index is 530. The molecule has 1 N–H and O–H groups in total. The molecule has 1 aliphatic heterocycles. The molecule has 128 valence electrons. The Balaban J connectivity index is 2.04. The van der Waals surface area contributed by atoms with Crippen LogP contribution in [0, 0.1) is 0 Å². The van der Waals surface area contributed by atoms with Gasteiger partial charge in [-0.3, -0.25) is 9.88 Å². The van der Waals surface area contributed by atoms with Crippen LogP contribution < -0.4 is 0 Å². The largest absolute Gasteiger partial charge is 0.444 e. The Hall–Kier alpha value is -1.18. The van der Waals surface area contributed by atoms with Crippen molar-refractivity contribution < 1.29 is 19.4 Å². The second-order valence-electron chi connectivity index (χ2n) is 6.56. The molecule has 1 aliphatic rings. The van der Waals surface area contributed by atoms with E-state index in [1.165, 1.54) is 0 Å². The summed E-state index contributed by atoms with van der Waals surface area (Å²) < 4.78 is 11.7. The lowest BCUT2D eigenvalue weighted by Gasteiger charge is -2.38. The maximum atomic E-state index is 12.3. The zero-order valence-corrected chi connectivity index (χ0v) is 15.2. The predicted octanol–water partition coefficient (Wildman–Crippen LogP) is 2.38. The molecule has 2 unspecified atom stereocenters. The van der Waals surface area contributed by atoms with Crippen LogP contribution in [-0.2, 0) is 15.9 Å². The van der Waals surface area contributed by atoms with Gasteiger partial charge in [-0.2, -0.15) is 0 Å². The van der Waals surface area contributed by atoms with Crippen LogP contribution in [-0.4, -0.2) is 58.6 Å². The van der Waals surface area contributed by atoms with Gasteiger partial charge in [-0.1, -0.05) is 0 Å². The van der Waals surface area contributed by atoms with Crippen LogP contribution >= 0.6 is 15.9 Å². The maximum absolute atomic E-state index is 12.3. The van der Waals surface area contributed by atoms with Crippen molar-refractivity contribution in [3.8, 4) is 0 Å². The molecule has 0 aromatic carbocycles. The number of nitrogens with zero attached hydrogens (tertiary/aromatic N) is 2. The standard InChI is InChI=1S/C16H23BrN2O4/c1-16(2,3)23-15(21)19-6-7-22-10-13(19)14(20)8-12-5-4-11(17)9-18-12/h4-5,9,13-14,20H,6-8,10H2,1-3H3. The van der Waals surface area contributed by atoms with Crippen molar-refractivity contribution in [2.45, 2.75) is 44.9 Å². The molecule has 7 heteroatoms. The summed E-state index contributed by atoms with van der Waals surface area (Å²) >= 11 is 3.33. The number of pyridine rings is 1. The summed E-state index contributed by atoms with van der Waals surface area (Å²) in [4.78, 5) is 18.2. The summed E-state index contributed by atoms with van der Waals surface area (Å²) in [5, 5.41) is 10.5. The SMILES string of the molecule is CC(C)(C)OC(=O)N1CCOCC1C(O)Cc1ccc(Br)cn1. The van der Waals surface area contributed by atoms with E-state index < -0.39 is 23.8 Å². The first-order valence-corrected chi connectivity index (χ1v) is 8.41. The number of morpholine rings is 1. The number of aromatic nitrogens is 1. The predicted molar refractivity (Wildman–Crippen MR) is 89.2 cm³/mol. The summed E-state index contributed by atoms with van der Waals surface area (Å²) in [5.74, 6) is 0. The first-order chi connectivity index (χ1) is 10.8. The van der Waals surface area contributed by atoms with Crippen molar-refractivity contribution >= 4 is 22.0 Å². The number of ether oxygens (including phenoxy) is 2. The fraction of sp³-hybridized carbons (Fsp3) is 0.625. The average Bonchev–Trinajstić information content (AvgIpc) is 2.48. The van der Waals surface area contributed by atoms with Crippen LogP contribution in [0.15, 0.2) is 22.8 Å². The third-order valence-corrected chi connectivity index (χ3v) is 3.91. The van der Waals surface area contributed by atoms with Crippen molar-refractivity contribution in [2.75, 3.05) is 19.8 Å². The molecule has 2 heterocycles. The number of rotatable bonds is 3. The van der Waals surface area contributed by atoms with Gasteiger partial charge in [0.05, 0.1) is 25.4 Å². The van der Waals surface area contributed by atoms with Crippen molar-refractivity contribution in [1.29, 1.82) is 0 Å². The monoisotopic (exact) mass is 386 g/mol. The summed E-state index contributed by atoms with van der Waals surface area (Å²) in [5.41, 5.74) is 0.188. The van der Waals surface area contributed by atoms with Crippen LogP contribution in [0.2, 0.25) is 0 Å². The molecular weight excluding hydrogens is 364 g/mol. The molecule has 2 atom stereocenters. The molecule has 0 saturated carbocycles. The van der Waals surface area contributed by atoms with Gasteiger partial charge in [-0.15, -0.1) is 0 Å². The number of aliphatic hydroxyl groups is 1. The van der Waals surface area contributed by atoms with Gasteiger partial charge in [-0.05, 0) is 48.8 Å². The van der Waals surface area contributed by atoms with E-state index in [0.717, 1.165) is 10.2 Å². The maximum Gasteiger partial charge on any atom is 0.410 e. The van der Waals surface area contributed by atoms with Crippen LogP contribution in [0.4, 0.5) is 4.79 Å². The van der Waals surface area contributed by atoms with Crippen LogP contribution in [0.3, 0.4) is 0 Å². The summed E-state index contributed by atoms with van der Waals surface area (Å²) in [6.45, 7) is 6.61. The Labute approximate surface area is 144 Å². The summed E-state index contributed by atoms with van der Waals surface area (Å²) in [7, 11) is 0. The van der Waals surface area contributed by atoms with Crippen molar-refractivity contribution in [1.82, 2.24) is 9.88 Å². The van der Waals surface area contributed by atoms with Crippen molar-refractivity contribution in [3.63, 3.8) is 0 Å². The molecule has 1 amide bonds. The number of amides is 1. The molecule has 1 fully saturated rings. The molecule has 0 aliphatic carbocycles. The highest BCUT2D eigenvalue weighted by Crippen LogP contribution is 2.19. The Morgan fingerprint density at radius 1 is 1.57 bits per heavy atom. The number of carbonyl (C=O) groups excluding carboxylic acids is 1. The van der Waals surface area contributed by atoms with Gasteiger partial charge in [0.25, 0.3) is 0 Å². The van der Waals surface area contributed by atoms with E-state index in [-0.39, 0.29) is 6.61 Å². The number of aliphatic hydroxyl groups excluding tert-OH is 1. The quantitative estimate of drug-likeness (QED) is 0.863. The number of halogens is 1. The van der Waals surface area contributed by atoms with Gasteiger partial charge >= 0.3 is 6.09 Å². The van der Waals surface area contributed by atoms with Gasteiger partial charge < -0.3 is 14.6 Å². The molecule has 1 saturated heterocycles. The minimum Gasteiger partial charge on any atom is -0.444 e. The third-order valence-electron chi connectivity index (χ3n) is 3.44. The molecule has 0 radical (unpaired) electrons. The second-order valence-corrected chi connectivity index (χ2v) is 7.47. The normalized spacial score (nSPS) is 20.2. The van der Waals surface area contributed by atoms with E-state index in [1.807, 2.05) is 32.9 Å². The molecule has 0 bridgehead atoms. The highest BCUT2D eigenvalue weighted by molar-refractivity contribution is 9.10. The Kier molecular flexibility index (Phi) is 6.00. The first-order valence-electron chi connectivity index (χ1n) is 7.62. The second kappa shape index (κ2) is 7.59. The smallest absolute Gasteiger partial charge is 0.410 e. The van der Waals surface area contributed by atoms with E-state index in [1.54, 1.807) is 11.1 Å². The van der Waals surface area contributed by atoms with Gasteiger partial charge in [-0.25, -0.2) is 4.79 Å². The topological polar surface area (TPSA) is 71.9 Å². The lowest BCUT2D eigenvalue weighted by Crippen LogP contribution is -2.55. The average molecular weight is 387 g/mol. The van der Waals surface area contributed by atoms with Crippen molar-refractivity contribution in [3.05, 3.63) is 28.5 Å². The van der Waals surface area contributed by atoms with Gasteiger partial charge in [0, 0.05) is 29.3 Å². The minimum atomic E-state index is -0.767. The third kappa shape index (κ3) is 5.44. The zero-order valence-electron chi connectivity index (χ0n) is 13.7. The Morgan fingerprint density at radius 2 is 2.30 bits per heavy atom. The molecule has 1 aromatic rings. The van der Waals surface area contributed by atoms with E-state index in [2.05, 4.69) is 20.9 Å². The fourth-order valence-electron chi connectivity index (χ4n) is 2.37. The molecule has 0 spiro atoms. The molecular formula is C16H23BrN2O4. The first kappa shape index (κ1) is 18.2. The van der Waals surface area contributed by atoms with Gasteiger partial charge in [0.1, 0.15) is 5.60 Å². The summed E-state index contributed by atoms with van der Waals surface area (Å²) in [6, 6.07) is 3.27. The van der Waals surface area contributed by atoms with E-state index in [9.17, 15) is 9.90 Å². The fourth-order valence-corrected chi connectivity index (χ4v) is 2.60. The molecule has 6 nitrogen and oxygen atoms in total. The van der Waals surface area contributed by atoms with Crippen LogP contribution in [0.5, 0.6) is 0 Å². The highest BCUT2D eigenvalue weighted by Gasteiger charge is 2.35. The number of carbonyl (C=O) groups is 1. The van der Waals surface area contributed by atoms with Crippen LogP contribution in [0.25, 0.3) is 0 Å². The lowest BCUT2D eigenvalue weighted by molar-refractivity contribution is -0.0661. The lowest BCUT2D eigenvalue weighted by atomic mass is 10.0. The van der Waals surface area contributed by atoms with Gasteiger partial charge in [0.2, 0.25) is 0 Å². The number of hydrogen-bond donors (Lipinski definition) is 1. The van der Waals surface area contributed by atoms with Crippen molar-refractivity contribution in [2.24, 2.45) is 0 Å². The highest BCUT2D eigenvalue weighted by atomic mass is 79.9. The molecule has 2 rings (SSSR count). The minimum absolute atomic E-state index is 0.289. The van der Waals surface area contributed by atoms with Gasteiger partial charge in [0.15, 0.2) is 0 Å². The molecule has 23 heavy (non-hydrogen) atoms. The molecule has 1 aromatic heterocycles. The Morgan fingerprint density at radius 3 is 2.91 bits per heavy atom. The summed E-state index contributed by atoms with van der Waals surface area (Å²) in [6.07, 6.45) is 0.844. The zero-order chi connectivity index (χ0) is 17.0. The number of hydrogen-bond acceptors (Lipinski definition) is 5.